The van der Waals surface area contributed by atoms with Crippen LogP contribution in [0.25, 0.3) is 0 Å². The molecule has 3 heteroatoms. The van der Waals surface area contributed by atoms with Gasteiger partial charge in [0.25, 0.3) is 0 Å². The second-order valence-electron chi connectivity index (χ2n) is 5.63. The maximum absolute atomic E-state index is 5.61. The van der Waals surface area contributed by atoms with E-state index in [-0.39, 0.29) is 6.04 Å². The van der Waals surface area contributed by atoms with Gasteiger partial charge in [-0.2, -0.15) is 0 Å². The van der Waals surface area contributed by atoms with Crippen LogP contribution in [0.2, 0.25) is 0 Å². The average molecular weight is 272 g/mol. The molecular weight excluding hydrogens is 248 g/mol. The Balaban J connectivity index is 2.22. The van der Waals surface area contributed by atoms with E-state index in [2.05, 4.69) is 62.4 Å². The van der Waals surface area contributed by atoms with Gasteiger partial charge in [-0.05, 0) is 51.5 Å². The van der Waals surface area contributed by atoms with Crippen molar-refractivity contribution in [3.05, 3.63) is 46.9 Å². The van der Waals surface area contributed by atoms with E-state index in [0.717, 1.165) is 17.2 Å². The molecule has 2 rings (SSSR count). The van der Waals surface area contributed by atoms with Gasteiger partial charge in [-0.3, -0.25) is 0 Å². The maximum Gasteiger partial charge on any atom is 0.106 e. The number of hydrogen-bond acceptors (Lipinski definition) is 3. The minimum atomic E-state index is 0.227. The third kappa shape index (κ3) is 2.98. The lowest BCUT2D eigenvalue weighted by atomic mass is 10.1. The Morgan fingerprint density at radius 2 is 1.80 bits per heavy atom. The maximum atomic E-state index is 5.61. The zero-order chi connectivity index (χ0) is 14.9. The fraction of sp³-hybridized carbons (Fsp3) is 0.412. The molecule has 1 atom stereocenters. The summed E-state index contributed by atoms with van der Waals surface area (Å²) in [6.07, 6.45) is 0. The quantitative estimate of drug-likeness (QED) is 0.891. The zero-order valence-electron chi connectivity index (χ0n) is 13.2. The van der Waals surface area contributed by atoms with E-state index in [1.54, 1.807) is 0 Å². The average Bonchev–Trinajstić information content (AvgIpc) is 2.70. The van der Waals surface area contributed by atoms with Crippen LogP contribution < -0.4 is 10.2 Å². The highest BCUT2D eigenvalue weighted by Crippen LogP contribution is 2.28. The molecule has 20 heavy (non-hydrogen) atoms. The Bertz CT molecular complexity index is 599. The van der Waals surface area contributed by atoms with Crippen LogP contribution >= 0.6 is 0 Å². The first kappa shape index (κ1) is 14.5. The summed E-state index contributed by atoms with van der Waals surface area (Å²) < 4.78 is 5.61. The van der Waals surface area contributed by atoms with Gasteiger partial charge in [0.15, 0.2) is 0 Å². The summed E-state index contributed by atoms with van der Waals surface area (Å²) in [5.41, 5.74) is 4.87. The van der Waals surface area contributed by atoms with Crippen molar-refractivity contribution in [1.82, 2.24) is 0 Å². The Hall–Kier alpha value is -1.90. The largest absolute Gasteiger partial charge is 0.466 e. The highest BCUT2D eigenvalue weighted by atomic mass is 16.3. The number of benzene rings is 1. The monoisotopic (exact) mass is 272 g/mol. The van der Waals surface area contributed by atoms with Crippen LogP contribution in [0.3, 0.4) is 0 Å². The van der Waals surface area contributed by atoms with Crippen molar-refractivity contribution < 1.29 is 4.42 Å². The Kier molecular flexibility index (Phi) is 4.07. The summed E-state index contributed by atoms with van der Waals surface area (Å²) in [6, 6.07) is 8.80. The van der Waals surface area contributed by atoms with E-state index < -0.39 is 0 Å². The van der Waals surface area contributed by atoms with E-state index in [0.29, 0.717) is 0 Å². The molecule has 0 aliphatic rings. The molecule has 1 aromatic carbocycles. The summed E-state index contributed by atoms with van der Waals surface area (Å²) >= 11 is 0. The van der Waals surface area contributed by atoms with E-state index in [1.165, 1.54) is 16.8 Å². The first-order valence-corrected chi connectivity index (χ1v) is 7.00. The molecule has 3 nitrogen and oxygen atoms in total. The third-order valence-corrected chi connectivity index (χ3v) is 3.62. The Labute approximate surface area is 121 Å². The molecule has 0 spiro atoms. The van der Waals surface area contributed by atoms with Crippen LogP contribution in [0.15, 0.2) is 28.7 Å². The first-order valence-electron chi connectivity index (χ1n) is 7.00. The van der Waals surface area contributed by atoms with Crippen LogP contribution in [0.4, 0.5) is 11.4 Å². The van der Waals surface area contributed by atoms with Crippen molar-refractivity contribution in [2.75, 3.05) is 24.3 Å². The van der Waals surface area contributed by atoms with Crippen molar-refractivity contribution in [3.8, 4) is 0 Å². The predicted molar refractivity (Wildman–Crippen MR) is 85.7 cm³/mol. The summed E-state index contributed by atoms with van der Waals surface area (Å²) in [5.74, 6) is 1.95. The van der Waals surface area contributed by atoms with Crippen molar-refractivity contribution in [1.29, 1.82) is 0 Å². The number of aryl methyl sites for hydroxylation is 3. The molecule has 0 aliphatic carbocycles. The van der Waals surface area contributed by atoms with Gasteiger partial charge in [-0.15, -0.1) is 0 Å². The van der Waals surface area contributed by atoms with Gasteiger partial charge in [0.1, 0.15) is 11.5 Å². The second kappa shape index (κ2) is 5.61. The molecule has 1 N–H and O–H groups in total. The molecule has 2 aromatic rings. The molecule has 108 valence electrons. The number of rotatable bonds is 4. The van der Waals surface area contributed by atoms with Gasteiger partial charge < -0.3 is 14.6 Å². The van der Waals surface area contributed by atoms with Crippen LogP contribution in [-0.4, -0.2) is 14.1 Å². The van der Waals surface area contributed by atoms with Crippen LogP contribution in [-0.2, 0) is 0 Å². The molecule has 0 aliphatic heterocycles. The number of nitrogens with one attached hydrogen (secondary N) is 1. The molecule has 0 radical (unpaired) electrons. The van der Waals surface area contributed by atoms with Crippen LogP contribution in [0.1, 0.15) is 35.6 Å². The van der Waals surface area contributed by atoms with Gasteiger partial charge in [-0.1, -0.05) is 6.07 Å². The summed E-state index contributed by atoms with van der Waals surface area (Å²) in [4.78, 5) is 2.14. The molecule has 0 amide bonds. The number of nitrogens with zero attached hydrogens (tertiary/aromatic N) is 1. The standard InChI is InChI=1S/C17H24N2O/c1-11-7-8-15(10-17(11)19(5)6)18-13(3)16-9-12(2)20-14(16)4/h7-10,13,18H,1-6H3. The topological polar surface area (TPSA) is 28.4 Å². The molecule has 1 aromatic heterocycles. The summed E-state index contributed by atoms with van der Waals surface area (Å²) in [6.45, 7) is 8.29. The molecule has 0 saturated carbocycles. The lowest BCUT2D eigenvalue weighted by Crippen LogP contribution is -2.12. The van der Waals surface area contributed by atoms with Crippen molar-refractivity contribution in [2.24, 2.45) is 0 Å². The fourth-order valence-corrected chi connectivity index (χ4v) is 2.59. The lowest BCUT2D eigenvalue weighted by molar-refractivity contribution is 0.500. The molecule has 1 unspecified atom stereocenters. The Morgan fingerprint density at radius 3 is 2.35 bits per heavy atom. The molecule has 1 heterocycles. The van der Waals surface area contributed by atoms with Gasteiger partial charge in [0.2, 0.25) is 0 Å². The summed E-state index contributed by atoms with van der Waals surface area (Å²) in [5, 5.41) is 3.55. The zero-order valence-corrected chi connectivity index (χ0v) is 13.2. The summed E-state index contributed by atoms with van der Waals surface area (Å²) in [7, 11) is 4.14. The van der Waals surface area contributed by atoms with E-state index in [9.17, 15) is 0 Å². The smallest absolute Gasteiger partial charge is 0.106 e. The van der Waals surface area contributed by atoms with E-state index >= 15 is 0 Å². The van der Waals surface area contributed by atoms with E-state index in [1.807, 2.05) is 13.8 Å². The van der Waals surface area contributed by atoms with Crippen LogP contribution in [0.5, 0.6) is 0 Å². The number of hydrogen-bond donors (Lipinski definition) is 1. The first-order chi connectivity index (χ1) is 9.38. The minimum absolute atomic E-state index is 0.227. The highest BCUT2D eigenvalue weighted by molar-refractivity contribution is 5.62. The van der Waals surface area contributed by atoms with Gasteiger partial charge in [0.05, 0.1) is 6.04 Å². The number of anilines is 2. The van der Waals surface area contributed by atoms with E-state index in [4.69, 9.17) is 4.42 Å². The third-order valence-electron chi connectivity index (χ3n) is 3.62. The normalized spacial score (nSPS) is 12.3. The molecule has 0 saturated heterocycles. The van der Waals surface area contributed by atoms with Gasteiger partial charge in [0, 0.05) is 31.0 Å². The highest BCUT2D eigenvalue weighted by Gasteiger charge is 2.13. The van der Waals surface area contributed by atoms with Crippen molar-refractivity contribution in [2.45, 2.75) is 33.7 Å². The lowest BCUT2D eigenvalue weighted by Gasteiger charge is -2.20. The molecule has 0 fully saturated rings. The number of furan rings is 1. The second-order valence-corrected chi connectivity index (χ2v) is 5.63. The van der Waals surface area contributed by atoms with Gasteiger partial charge >= 0.3 is 0 Å². The fourth-order valence-electron chi connectivity index (χ4n) is 2.59. The SMILES string of the molecule is Cc1cc(C(C)Nc2ccc(C)c(N(C)C)c2)c(C)o1. The van der Waals surface area contributed by atoms with Crippen LogP contribution in [0, 0.1) is 20.8 Å². The molecular formula is C17H24N2O. The van der Waals surface area contributed by atoms with Crippen molar-refractivity contribution >= 4 is 11.4 Å². The van der Waals surface area contributed by atoms with Gasteiger partial charge in [-0.25, -0.2) is 0 Å². The molecule has 0 bridgehead atoms. The Morgan fingerprint density at radius 1 is 1.10 bits per heavy atom. The minimum Gasteiger partial charge on any atom is -0.466 e. The van der Waals surface area contributed by atoms with Crippen molar-refractivity contribution in [3.63, 3.8) is 0 Å². The predicted octanol–water partition coefficient (Wildman–Crippen LogP) is 4.44.